The molecule has 0 aliphatic carbocycles. The van der Waals surface area contributed by atoms with E-state index in [2.05, 4.69) is 85.6 Å². The fourth-order valence-electron chi connectivity index (χ4n) is 3.57. The van der Waals surface area contributed by atoms with Crippen molar-refractivity contribution in [2.75, 3.05) is 14.2 Å². The summed E-state index contributed by atoms with van der Waals surface area (Å²) in [5.74, 6) is -0.145. The van der Waals surface area contributed by atoms with E-state index in [9.17, 15) is 4.79 Å². The predicted octanol–water partition coefficient (Wildman–Crippen LogP) is 7.80. The average Bonchev–Trinajstić information content (AvgIpc) is 2.77. The summed E-state index contributed by atoms with van der Waals surface area (Å²) in [6.07, 6.45) is 21.1. The molecule has 2 atom stereocenters. The topological polar surface area (TPSA) is 66.4 Å². The third kappa shape index (κ3) is 21.8. The Morgan fingerprint density at radius 1 is 0.750 bits per heavy atom. The number of rotatable bonds is 20. The Balaban J connectivity index is 4.97. The van der Waals surface area contributed by atoms with Crippen LogP contribution < -0.4 is 0 Å². The number of nitrogens with zero attached hydrogens (tertiary/aromatic N) is 1. The molecule has 0 rings (SSSR count). The number of unbranched alkanes of at least 4 members (excludes halogenated alkanes) is 2. The van der Waals surface area contributed by atoms with Crippen molar-refractivity contribution in [2.45, 2.75) is 116 Å². The first-order valence-corrected chi connectivity index (χ1v) is 20.1. The number of hydrogen-bond acceptors (Lipinski definition) is 6. The van der Waals surface area contributed by atoms with Gasteiger partial charge in [-0.1, -0.05) is 41.6 Å². The molecule has 0 fully saturated rings. The summed E-state index contributed by atoms with van der Waals surface area (Å²) in [6, 6.07) is 0. The summed E-state index contributed by atoms with van der Waals surface area (Å²) < 4.78 is 17.9. The maximum atomic E-state index is 11.2. The minimum Gasteiger partial charge on any atom is -0.469 e. The van der Waals surface area contributed by atoms with Crippen LogP contribution in [0.2, 0.25) is 39.3 Å². The van der Waals surface area contributed by atoms with Crippen LogP contribution in [0.15, 0.2) is 41.6 Å². The summed E-state index contributed by atoms with van der Waals surface area (Å²) in [6.45, 7) is 15.5. The SMILES string of the molecule is CO/N=C(\C)CCC/C=C\CC(O[Si](C)(C)C)C(C/C=C\C/C=C\CCCC(=O)OC)O[Si](C)(C)C. The van der Waals surface area contributed by atoms with E-state index in [1.165, 1.54) is 7.11 Å². The number of esters is 1. The number of oxime groups is 1. The smallest absolute Gasteiger partial charge is 0.305 e. The Kier molecular flexibility index (Phi) is 18.8. The van der Waals surface area contributed by atoms with E-state index in [-0.39, 0.29) is 18.2 Å². The predicted molar refractivity (Wildman–Crippen MR) is 158 cm³/mol. The van der Waals surface area contributed by atoms with Crippen molar-refractivity contribution in [3.8, 4) is 0 Å². The highest BCUT2D eigenvalue weighted by atomic mass is 28.4. The van der Waals surface area contributed by atoms with Gasteiger partial charge >= 0.3 is 5.97 Å². The molecule has 0 aliphatic rings. The molecule has 0 aromatic rings. The molecule has 0 heterocycles. The minimum atomic E-state index is -1.74. The molecule has 0 aromatic heterocycles. The quantitative estimate of drug-likeness (QED) is 0.0394. The van der Waals surface area contributed by atoms with E-state index in [1.807, 2.05) is 6.92 Å². The van der Waals surface area contributed by atoms with Crippen LogP contribution in [0.3, 0.4) is 0 Å². The van der Waals surface area contributed by atoms with Crippen LogP contribution in [0, 0.1) is 0 Å². The third-order valence-corrected chi connectivity index (χ3v) is 7.09. The van der Waals surface area contributed by atoms with Crippen molar-refractivity contribution in [3.63, 3.8) is 0 Å². The molecular formula is C28H53NO5Si2. The van der Waals surface area contributed by atoms with Gasteiger partial charge in [0.15, 0.2) is 16.6 Å². The molecule has 208 valence electrons. The van der Waals surface area contributed by atoms with Crippen LogP contribution >= 0.6 is 0 Å². The second-order valence-electron chi connectivity index (χ2n) is 11.0. The Hall–Kier alpha value is -1.49. The molecule has 0 bridgehead atoms. The highest BCUT2D eigenvalue weighted by Gasteiger charge is 2.30. The van der Waals surface area contributed by atoms with Gasteiger partial charge in [-0.25, -0.2) is 0 Å². The van der Waals surface area contributed by atoms with Gasteiger partial charge in [0.1, 0.15) is 7.11 Å². The van der Waals surface area contributed by atoms with E-state index in [0.717, 1.165) is 57.1 Å². The van der Waals surface area contributed by atoms with Gasteiger partial charge in [0.2, 0.25) is 0 Å². The Morgan fingerprint density at radius 2 is 1.22 bits per heavy atom. The molecule has 0 aromatic carbocycles. The number of carbonyl (C=O) groups is 1. The van der Waals surface area contributed by atoms with Gasteiger partial charge in [-0.05, 0) is 97.6 Å². The van der Waals surface area contributed by atoms with Crippen LogP contribution in [-0.4, -0.2) is 54.7 Å². The lowest BCUT2D eigenvalue weighted by molar-refractivity contribution is -0.140. The van der Waals surface area contributed by atoms with Gasteiger partial charge in [-0.3, -0.25) is 4.79 Å². The highest BCUT2D eigenvalue weighted by molar-refractivity contribution is 6.70. The zero-order chi connectivity index (χ0) is 27.5. The van der Waals surface area contributed by atoms with Crippen LogP contribution in [-0.2, 0) is 23.2 Å². The number of ether oxygens (including phenoxy) is 1. The average molecular weight is 540 g/mol. The first kappa shape index (κ1) is 34.5. The zero-order valence-electron chi connectivity index (χ0n) is 24.5. The van der Waals surface area contributed by atoms with Crippen molar-refractivity contribution in [3.05, 3.63) is 36.5 Å². The monoisotopic (exact) mass is 539 g/mol. The van der Waals surface area contributed by atoms with E-state index >= 15 is 0 Å². The summed E-state index contributed by atoms with van der Waals surface area (Å²) in [4.78, 5) is 16.0. The summed E-state index contributed by atoms with van der Waals surface area (Å²) in [5, 5.41) is 3.97. The van der Waals surface area contributed by atoms with Crippen molar-refractivity contribution in [1.29, 1.82) is 0 Å². The summed E-state index contributed by atoms with van der Waals surface area (Å²) in [5.41, 5.74) is 1.03. The number of carbonyl (C=O) groups excluding carboxylic acids is 1. The molecule has 0 radical (unpaired) electrons. The number of hydrogen-bond donors (Lipinski definition) is 0. The van der Waals surface area contributed by atoms with Gasteiger partial charge in [0.25, 0.3) is 0 Å². The lowest BCUT2D eigenvalue weighted by Crippen LogP contribution is -2.44. The molecule has 6 nitrogen and oxygen atoms in total. The standard InChI is InChI=1S/C28H53NO5Si2/c1-25(29-32-3)21-17-15-16-19-23-27(34-36(7,8)9)26(33-35(4,5)6)22-18-13-11-10-12-14-20-24-28(30)31-2/h10,12-13,16,18-19,26-27H,11,14-15,17,20-24H2,1-9H3/b12-10-,18-13-,19-16-,29-25+. The Bertz CT molecular complexity index is 706. The lowest BCUT2D eigenvalue weighted by Gasteiger charge is -2.35. The molecule has 8 heteroatoms. The van der Waals surface area contributed by atoms with Crippen LogP contribution in [0.25, 0.3) is 0 Å². The largest absolute Gasteiger partial charge is 0.469 e. The highest BCUT2D eigenvalue weighted by Crippen LogP contribution is 2.23. The zero-order valence-corrected chi connectivity index (χ0v) is 26.5. The molecule has 0 spiro atoms. The second-order valence-corrected chi connectivity index (χ2v) is 19.9. The maximum absolute atomic E-state index is 11.2. The van der Waals surface area contributed by atoms with E-state index in [4.69, 9.17) is 13.7 Å². The van der Waals surface area contributed by atoms with Gasteiger partial charge in [-0.2, -0.15) is 0 Å². The number of methoxy groups -OCH3 is 1. The van der Waals surface area contributed by atoms with Crippen molar-refractivity contribution in [2.24, 2.45) is 5.16 Å². The third-order valence-electron chi connectivity index (χ3n) is 5.07. The molecule has 2 unspecified atom stereocenters. The second kappa shape index (κ2) is 19.6. The van der Waals surface area contributed by atoms with Gasteiger partial charge in [0, 0.05) is 6.42 Å². The van der Waals surface area contributed by atoms with E-state index in [0.29, 0.717) is 6.42 Å². The first-order chi connectivity index (χ1) is 16.9. The molecule has 0 saturated carbocycles. The molecule has 0 aliphatic heterocycles. The van der Waals surface area contributed by atoms with E-state index in [1.54, 1.807) is 7.11 Å². The molecule has 0 amide bonds. The molecule has 36 heavy (non-hydrogen) atoms. The maximum Gasteiger partial charge on any atom is 0.305 e. The van der Waals surface area contributed by atoms with Crippen LogP contribution in [0.4, 0.5) is 0 Å². The summed E-state index contributed by atoms with van der Waals surface area (Å²) in [7, 11) is -0.463. The normalized spacial score (nSPS) is 15.2. The van der Waals surface area contributed by atoms with Gasteiger partial charge in [0.05, 0.1) is 25.0 Å². The van der Waals surface area contributed by atoms with Crippen LogP contribution in [0.5, 0.6) is 0 Å². The van der Waals surface area contributed by atoms with Gasteiger partial charge in [-0.15, -0.1) is 0 Å². The Morgan fingerprint density at radius 3 is 1.72 bits per heavy atom. The lowest BCUT2D eigenvalue weighted by atomic mass is 10.1. The molecular weight excluding hydrogens is 486 g/mol. The first-order valence-electron chi connectivity index (χ1n) is 13.3. The van der Waals surface area contributed by atoms with Gasteiger partial charge < -0.3 is 18.4 Å². The fraction of sp³-hybridized carbons (Fsp3) is 0.714. The van der Waals surface area contributed by atoms with Crippen molar-refractivity contribution >= 4 is 28.3 Å². The van der Waals surface area contributed by atoms with Crippen molar-refractivity contribution < 1.29 is 23.2 Å². The minimum absolute atomic E-state index is 0.0457. The van der Waals surface area contributed by atoms with Crippen molar-refractivity contribution in [1.82, 2.24) is 0 Å². The Labute approximate surface area is 223 Å². The molecule has 0 saturated heterocycles. The number of allylic oxidation sites excluding steroid dienone is 4. The van der Waals surface area contributed by atoms with E-state index < -0.39 is 16.6 Å². The van der Waals surface area contributed by atoms with Crippen LogP contribution in [0.1, 0.15) is 64.7 Å². The summed E-state index contributed by atoms with van der Waals surface area (Å²) >= 11 is 0. The molecule has 0 N–H and O–H groups in total. The fourth-order valence-corrected chi connectivity index (χ4v) is 5.88.